The quantitative estimate of drug-likeness (QED) is 0.504. The Morgan fingerprint density at radius 2 is 1.71 bits per heavy atom. The monoisotopic (exact) mass is 466 g/mol. The molecule has 0 radical (unpaired) electrons. The zero-order valence-electron chi connectivity index (χ0n) is 21.4. The predicted molar refractivity (Wildman–Crippen MR) is 141 cm³/mol. The summed E-state index contributed by atoms with van der Waals surface area (Å²) in [4.78, 5) is 19.7. The van der Waals surface area contributed by atoms with Gasteiger partial charge in [0.2, 0.25) is 0 Å². The number of nitrogens with zero attached hydrogens (tertiary/aromatic N) is 3. The summed E-state index contributed by atoms with van der Waals surface area (Å²) in [6.07, 6.45) is 1.10. The highest BCUT2D eigenvalue weighted by molar-refractivity contribution is 5.94. The van der Waals surface area contributed by atoms with E-state index >= 15 is 0 Å². The Labute approximate surface area is 205 Å². The van der Waals surface area contributed by atoms with Crippen molar-refractivity contribution in [2.24, 2.45) is 0 Å². The second-order valence-electron chi connectivity index (χ2n) is 8.92. The van der Waals surface area contributed by atoms with Gasteiger partial charge in [0.1, 0.15) is 0 Å². The van der Waals surface area contributed by atoms with Gasteiger partial charge >= 0.3 is 0 Å². The molecule has 0 aromatic heterocycles. The van der Waals surface area contributed by atoms with Gasteiger partial charge in [-0.15, -0.1) is 0 Å². The zero-order valence-corrected chi connectivity index (χ0v) is 21.4. The number of methoxy groups -OCH3 is 1. The smallest absolute Gasteiger partial charge is 0.253 e. The van der Waals surface area contributed by atoms with Crippen LogP contribution in [0.1, 0.15) is 54.7 Å². The fraction of sp³-hybridized carbons (Fsp3) is 0.536. The number of benzene rings is 2. The van der Waals surface area contributed by atoms with Crippen LogP contribution < -0.4 is 5.32 Å². The molecule has 1 amide bonds. The van der Waals surface area contributed by atoms with Gasteiger partial charge in [-0.3, -0.25) is 14.6 Å². The highest BCUT2D eigenvalue weighted by Crippen LogP contribution is 2.31. The summed E-state index contributed by atoms with van der Waals surface area (Å²) in [6, 6.07) is 17.2. The van der Waals surface area contributed by atoms with Crippen molar-refractivity contribution < 1.29 is 9.53 Å². The summed E-state index contributed by atoms with van der Waals surface area (Å²) in [7, 11) is 1.76. The van der Waals surface area contributed by atoms with Crippen LogP contribution in [0.3, 0.4) is 0 Å². The van der Waals surface area contributed by atoms with E-state index in [0.29, 0.717) is 0 Å². The molecule has 1 saturated heterocycles. The first kappa shape index (κ1) is 26.2. The minimum Gasteiger partial charge on any atom is -0.385 e. The maximum atomic E-state index is 12.8. The molecular weight excluding hydrogens is 424 g/mol. The normalized spacial score (nSPS) is 15.8. The van der Waals surface area contributed by atoms with Crippen LogP contribution in [0, 0.1) is 0 Å². The number of ether oxygens (including phenoxy) is 1. The molecule has 1 fully saturated rings. The third-order valence-electron chi connectivity index (χ3n) is 6.69. The van der Waals surface area contributed by atoms with E-state index in [1.54, 1.807) is 7.11 Å². The highest BCUT2D eigenvalue weighted by Gasteiger charge is 2.27. The number of nitrogens with one attached hydrogen (secondary N) is 1. The summed E-state index contributed by atoms with van der Waals surface area (Å²) in [5.74, 6) is 0.102. The van der Waals surface area contributed by atoms with Crippen LogP contribution in [0.15, 0.2) is 48.5 Å². The SMILES string of the molecule is CCCNc1cccc([C@@H](c2ccc(C(=O)N(CC)CC)cc2)N2CCN(CCOC)CC2)c1. The van der Waals surface area contributed by atoms with Crippen molar-refractivity contribution >= 4 is 11.6 Å². The van der Waals surface area contributed by atoms with Gasteiger partial charge in [-0.2, -0.15) is 0 Å². The van der Waals surface area contributed by atoms with Gasteiger partial charge in [0.15, 0.2) is 0 Å². The predicted octanol–water partition coefficient (Wildman–Crippen LogP) is 4.34. The third kappa shape index (κ3) is 6.81. The van der Waals surface area contributed by atoms with Crippen molar-refractivity contribution in [2.45, 2.75) is 33.2 Å². The molecule has 0 aliphatic carbocycles. The number of amides is 1. The fourth-order valence-electron chi connectivity index (χ4n) is 4.67. The van der Waals surface area contributed by atoms with Gasteiger partial charge in [-0.25, -0.2) is 0 Å². The lowest BCUT2D eigenvalue weighted by atomic mass is 9.94. The summed E-state index contributed by atoms with van der Waals surface area (Å²) >= 11 is 0. The molecule has 1 aliphatic rings. The van der Waals surface area contributed by atoms with E-state index in [-0.39, 0.29) is 11.9 Å². The highest BCUT2D eigenvalue weighted by atomic mass is 16.5. The lowest BCUT2D eigenvalue weighted by molar-refractivity contribution is 0.0772. The second kappa shape index (κ2) is 13.5. The van der Waals surface area contributed by atoms with E-state index in [9.17, 15) is 4.79 Å². The van der Waals surface area contributed by atoms with Crippen LogP contribution in [0.4, 0.5) is 5.69 Å². The molecule has 1 atom stereocenters. The molecule has 0 saturated carbocycles. The average Bonchev–Trinajstić information content (AvgIpc) is 2.88. The van der Waals surface area contributed by atoms with Crippen LogP contribution in [0.25, 0.3) is 0 Å². The minimum absolute atomic E-state index is 0.102. The number of rotatable bonds is 12. The molecule has 1 aliphatic heterocycles. The van der Waals surface area contributed by atoms with E-state index in [0.717, 1.165) is 76.6 Å². The summed E-state index contributed by atoms with van der Waals surface area (Å²) in [5, 5.41) is 3.53. The molecule has 1 heterocycles. The van der Waals surface area contributed by atoms with Crippen molar-refractivity contribution in [1.29, 1.82) is 0 Å². The molecule has 3 rings (SSSR count). The maximum absolute atomic E-state index is 12.8. The van der Waals surface area contributed by atoms with Gasteiger partial charge in [0, 0.05) is 70.7 Å². The van der Waals surface area contributed by atoms with Gasteiger partial charge in [-0.1, -0.05) is 31.2 Å². The fourth-order valence-corrected chi connectivity index (χ4v) is 4.67. The van der Waals surface area contributed by atoms with E-state index < -0.39 is 0 Å². The van der Waals surface area contributed by atoms with Crippen molar-refractivity contribution in [1.82, 2.24) is 14.7 Å². The molecule has 0 spiro atoms. The van der Waals surface area contributed by atoms with Gasteiger partial charge in [0.25, 0.3) is 5.91 Å². The molecule has 0 bridgehead atoms. The van der Waals surface area contributed by atoms with Gasteiger partial charge in [-0.05, 0) is 55.7 Å². The molecule has 6 nitrogen and oxygen atoms in total. The number of carbonyl (C=O) groups is 1. The number of hydrogen-bond donors (Lipinski definition) is 1. The number of anilines is 1. The number of carbonyl (C=O) groups excluding carboxylic acids is 1. The Hall–Kier alpha value is -2.41. The molecular formula is C28H42N4O2. The topological polar surface area (TPSA) is 48.1 Å². The van der Waals surface area contributed by atoms with Crippen molar-refractivity contribution in [2.75, 3.05) is 71.4 Å². The molecule has 34 heavy (non-hydrogen) atoms. The Morgan fingerprint density at radius 1 is 1.00 bits per heavy atom. The summed E-state index contributed by atoms with van der Waals surface area (Å²) < 4.78 is 5.27. The lowest BCUT2D eigenvalue weighted by Gasteiger charge is -2.40. The van der Waals surface area contributed by atoms with Crippen molar-refractivity contribution in [3.8, 4) is 0 Å². The first-order valence-corrected chi connectivity index (χ1v) is 12.8. The lowest BCUT2D eigenvalue weighted by Crippen LogP contribution is -2.48. The summed E-state index contributed by atoms with van der Waals surface area (Å²) in [6.45, 7) is 14.5. The molecule has 186 valence electrons. The Balaban J connectivity index is 1.86. The van der Waals surface area contributed by atoms with Crippen molar-refractivity contribution in [3.63, 3.8) is 0 Å². The van der Waals surface area contributed by atoms with Crippen molar-refractivity contribution in [3.05, 3.63) is 65.2 Å². The first-order valence-electron chi connectivity index (χ1n) is 12.8. The Morgan fingerprint density at radius 3 is 2.32 bits per heavy atom. The Bertz CT molecular complexity index is 874. The molecule has 6 heteroatoms. The van der Waals surface area contributed by atoms with E-state index in [2.05, 4.69) is 58.4 Å². The van der Waals surface area contributed by atoms with Crippen LogP contribution in [-0.2, 0) is 4.74 Å². The molecule has 0 unspecified atom stereocenters. The largest absolute Gasteiger partial charge is 0.385 e. The van der Waals surface area contributed by atoms with E-state index in [1.807, 2.05) is 30.9 Å². The van der Waals surface area contributed by atoms with Crippen LogP contribution >= 0.6 is 0 Å². The average molecular weight is 467 g/mol. The van der Waals surface area contributed by atoms with Crippen LogP contribution in [-0.4, -0.2) is 86.7 Å². The van der Waals surface area contributed by atoms with Gasteiger partial charge in [0.05, 0.1) is 12.6 Å². The third-order valence-corrected chi connectivity index (χ3v) is 6.69. The van der Waals surface area contributed by atoms with E-state index in [1.165, 1.54) is 11.1 Å². The van der Waals surface area contributed by atoms with Crippen LogP contribution in [0.5, 0.6) is 0 Å². The van der Waals surface area contributed by atoms with Gasteiger partial charge < -0.3 is 15.0 Å². The summed E-state index contributed by atoms with van der Waals surface area (Å²) in [5.41, 5.74) is 4.44. The number of hydrogen-bond acceptors (Lipinski definition) is 5. The number of piperazine rings is 1. The molecule has 2 aromatic rings. The minimum atomic E-state index is 0.102. The first-order chi connectivity index (χ1) is 16.6. The zero-order chi connectivity index (χ0) is 24.3. The maximum Gasteiger partial charge on any atom is 0.253 e. The van der Waals surface area contributed by atoms with Crippen LogP contribution in [0.2, 0.25) is 0 Å². The Kier molecular flexibility index (Phi) is 10.4. The molecule has 1 N–H and O–H groups in total. The standard InChI is InChI=1S/C28H42N4O2/c1-5-15-29-26-10-8-9-25(22-26)27(32-18-16-30(17-19-32)20-21-34-4)23-11-13-24(14-12-23)28(33)31(6-2)7-3/h8-14,22,27,29H,5-7,15-21H2,1-4H3/t27-/m1/s1. The molecule has 2 aromatic carbocycles. The van der Waals surface area contributed by atoms with E-state index in [4.69, 9.17) is 4.74 Å². The second-order valence-corrected chi connectivity index (χ2v) is 8.92.